The molecule has 0 aliphatic heterocycles. The quantitative estimate of drug-likeness (QED) is 0.782. The fraction of sp³-hybridized carbons (Fsp3) is 0.308. The summed E-state index contributed by atoms with van der Waals surface area (Å²) in [5.74, 6) is 0.284. The summed E-state index contributed by atoms with van der Waals surface area (Å²) in [5, 5.41) is 7.89. The van der Waals surface area contributed by atoms with Crippen molar-refractivity contribution >= 4 is 5.97 Å². The maximum absolute atomic E-state index is 11.6. The van der Waals surface area contributed by atoms with Crippen LogP contribution in [0.1, 0.15) is 23.1 Å². The average Bonchev–Trinajstić information content (AvgIpc) is 2.90. The molecule has 0 aliphatic carbocycles. The molecule has 0 saturated carbocycles. The minimum absolute atomic E-state index is 0.251. The van der Waals surface area contributed by atoms with E-state index in [1.165, 1.54) is 7.11 Å². The van der Waals surface area contributed by atoms with Crippen molar-refractivity contribution in [1.82, 2.24) is 15.0 Å². The number of benzene rings is 1. The number of ether oxygens (including phenoxy) is 2. The molecule has 2 rings (SSSR count). The molecule has 100 valence electrons. The first kappa shape index (κ1) is 13.1. The lowest BCUT2D eigenvalue weighted by atomic mass is 10.2. The molecule has 0 fully saturated rings. The maximum Gasteiger partial charge on any atom is 0.360 e. The number of nitrogens with zero attached hydrogens (tertiary/aromatic N) is 3. The molecule has 0 aliphatic rings. The van der Waals surface area contributed by atoms with Gasteiger partial charge < -0.3 is 9.47 Å². The summed E-state index contributed by atoms with van der Waals surface area (Å²) >= 11 is 0. The first-order chi connectivity index (χ1) is 9.21. The fourth-order valence-electron chi connectivity index (χ4n) is 1.80. The third kappa shape index (κ3) is 2.42. The van der Waals surface area contributed by atoms with E-state index in [0.717, 1.165) is 17.1 Å². The first-order valence-electron chi connectivity index (χ1n) is 5.88. The lowest BCUT2D eigenvalue weighted by Crippen LogP contribution is -2.07. The number of esters is 1. The van der Waals surface area contributed by atoms with Crippen molar-refractivity contribution < 1.29 is 14.3 Å². The summed E-state index contributed by atoms with van der Waals surface area (Å²) in [7, 11) is 2.94. The smallest absolute Gasteiger partial charge is 0.360 e. The zero-order valence-electron chi connectivity index (χ0n) is 11.1. The van der Waals surface area contributed by atoms with Crippen LogP contribution in [0, 0.1) is 0 Å². The van der Waals surface area contributed by atoms with Gasteiger partial charge in [-0.15, -0.1) is 5.10 Å². The third-order valence-electron chi connectivity index (χ3n) is 2.79. The van der Waals surface area contributed by atoms with Gasteiger partial charge in [-0.05, 0) is 30.7 Å². The molecular weight excluding hydrogens is 246 g/mol. The van der Waals surface area contributed by atoms with E-state index in [9.17, 15) is 4.79 Å². The molecule has 0 atom stereocenters. The van der Waals surface area contributed by atoms with Crippen LogP contribution >= 0.6 is 0 Å². The zero-order valence-corrected chi connectivity index (χ0v) is 11.1. The average molecular weight is 261 g/mol. The van der Waals surface area contributed by atoms with Gasteiger partial charge in [0.2, 0.25) is 0 Å². The van der Waals surface area contributed by atoms with Crippen molar-refractivity contribution in [1.29, 1.82) is 0 Å². The van der Waals surface area contributed by atoms with E-state index in [4.69, 9.17) is 4.74 Å². The highest BCUT2D eigenvalue weighted by molar-refractivity contribution is 5.88. The molecule has 0 unspecified atom stereocenters. The molecule has 19 heavy (non-hydrogen) atoms. The molecule has 0 radical (unpaired) electrons. The largest absolute Gasteiger partial charge is 0.497 e. The number of aromatic nitrogens is 3. The molecule has 0 bridgehead atoms. The van der Waals surface area contributed by atoms with Crippen LogP contribution in [0.15, 0.2) is 24.3 Å². The van der Waals surface area contributed by atoms with E-state index >= 15 is 0 Å². The molecule has 6 heteroatoms. The number of hydrogen-bond donors (Lipinski definition) is 0. The Bertz CT molecular complexity index is 575. The Kier molecular flexibility index (Phi) is 3.79. The minimum Gasteiger partial charge on any atom is -0.497 e. The van der Waals surface area contributed by atoms with Crippen LogP contribution < -0.4 is 4.74 Å². The van der Waals surface area contributed by atoms with E-state index in [1.54, 1.807) is 11.8 Å². The summed E-state index contributed by atoms with van der Waals surface area (Å²) in [6.07, 6.45) is 0.628. The molecule has 0 spiro atoms. The van der Waals surface area contributed by atoms with Crippen LogP contribution in [0.4, 0.5) is 0 Å². The van der Waals surface area contributed by atoms with Crippen molar-refractivity contribution in [3.63, 3.8) is 0 Å². The normalized spacial score (nSPS) is 10.3. The maximum atomic E-state index is 11.6. The van der Waals surface area contributed by atoms with Crippen LogP contribution in [-0.4, -0.2) is 35.2 Å². The van der Waals surface area contributed by atoms with Crippen molar-refractivity contribution in [2.24, 2.45) is 0 Å². The Hall–Kier alpha value is -2.37. The number of carbonyl (C=O) groups is 1. The summed E-state index contributed by atoms with van der Waals surface area (Å²) in [5.41, 5.74) is 1.79. The van der Waals surface area contributed by atoms with Gasteiger partial charge in [0.1, 0.15) is 5.75 Å². The highest BCUT2D eigenvalue weighted by Crippen LogP contribution is 2.17. The molecule has 2 aromatic rings. The second kappa shape index (κ2) is 5.51. The monoisotopic (exact) mass is 261 g/mol. The number of methoxy groups -OCH3 is 2. The van der Waals surface area contributed by atoms with Crippen LogP contribution in [0.2, 0.25) is 0 Å². The standard InChI is InChI=1S/C13H15N3O3/c1-4-11-12(13(17)19-3)14-15-16(11)9-5-7-10(18-2)8-6-9/h5-8H,4H2,1-3H3. The first-order valence-corrected chi connectivity index (χ1v) is 5.88. The van der Waals surface area contributed by atoms with E-state index in [-0.39, 0.29) is 5.69 Å². The zero-order chi connectivity index (χ0) is 13.8. The van der Waals surface area contributed by atoms with Gasteiger partial charge in [0.15, 0.2) is 5.69 Å². The second-order valence-corrected chi connectivity index (χ2v) is 3.84. The summed E-state index contributed by atoms with van der Waals surface area (Å²) in [4.78, 5) is 11.6. The summed E-state index contributed by atoms with van der Waals surface area (Å²) in [6, 6.07) is 7.37. The van der Waals surface area contributed by atoms with Crippen molar-refractivity contribution in [3.8, 4) is 11.4 Å². The van der Waals surface area contributed by atoms with Crippen LogP contribution in [0.5, 0.6) is 5.75 Å². The van der Waals surface area contributed by atoms with Crippen molar-refractivity contribution in [2.45, 2.75) is 13.3 Å². The lowest BCUT2D eigenvalue weighted by molar-refractivity contribution is 0.0592. The minimum atomic E-state index is -0.475. The molecule has 1 aromatic heterocycles. The van der Waals surface area contributed by atoms with Gasteiger partial charge >= 0.3 is 5.97 Å². The fourth-order valence-corrected chi connectivity index (χ4v) is 1.80. The molecule has 0 N–H and O–H groups in total. The van der Waals surface area contributed by atoms with E-state index < -0.39 is 5.97 Å². The van der Waals surface area contributed by atoms with Gasteiger partial charge in [-0.1, -0.05) is 12.1 Å². The predicted octanol–water partition coefficient (Wildman–Crippen LogP) is 1.62. The van der Waals surface area contributed by atoms with E-state index in [0.29, 0.717) is 6.42 Å². The van der Waals surface area contributed by atoms with Gasteiger partial charge in [0, 0.05) is 0 Å². The Balaban J connectivity index is 2.44. The van der Waals surface area contributed by atoms with E-state index in [1.807, 2.05) is 31.2 Å². The number of carbonyl (C=O) groups excluding carboxylic acids is 1. The summed E-state index contributed by atoms with van der Waals surface area (Å²) in [6.45, 7) is 1.94. The van der Waals surface area contributed by atoms with Crippen LogP contribution in [0.3, 0.4) is 0 Å². The number of hydrogen-bond acceptors (Lipinski definition) is 5. The Labute approximate surface area is 110 Å². The molecule has 1 heterocycles. The topological polar surface area (TPSA) is 66.2 Å². The van der Waals surface area contributed by atoms with E-state index in [2.05, 4.69) is 15.0 Å². The molecule has 6 nitrogen and oxygen atoms in total. The van der Waals surface area contributed by atoms with Crippen molar-refractivity contribution in [2.75, 3.05) is 14.2 Å². The number of rotatable bonds is 4. The van der Waals surface area contributed by atoms with Gasteiger partial charge in [0.05, 0.1) is 25.6 Å². The van der Waals surface area contributed by atoms with Gasteiger partial charge in [-0.3, -0.25) is 0 Å². The second-order valence-electron chi connectivity index (χ2n) is 3.84. The van der Waals surface area contributed by atoms with Gasteiger partial charge in [-0.2, -0.15) is 0 Å². The Morgan fingerprint density at radius 3 is 2.47 bits per heavy atom. The lowest BCUT2D eigenvalue weighted by Gasteiger charge is -2.06. The Morgan fingerprint density at radius 1 is 1.26 bits per heavy atom. The van der Waals surface area contributed by atoms with Crippen molar-refractivity contribution in [3.05, 3.63) is 35.7 Å². The van der Waals surface area contributed by atoms with Gasteiger partial charge in [-0.25, -0.2) is 9.48 Å². The third-order valence-corrected chi connectivity index (χ3v) is 2.79. The highest BCUT2D eigenvalue weighted by atomic mass is 16.5. The summed E-state index contributed by atoms with van der Waals surface area (Å²) < 4.78 is 11.4. The highest BCUT2D eigenvalue weighted by Gasteiger charge is 2.19. The molecular formula is C13H15N3O3. The molecule has 0 saturated heterocycles. The Morgan fingerprint density at radius 2 is 1.95 bits per heavy atom. The van der Waals surface area contributed by atoms with Crippen LogP contribution in [0.25, 0.3) is 5.69 Å². The molecule has 1 aromatic carbocycles. The SMILES string of the molecule is CCc1c(C(=O)OC)nnn1-c1ccc(OC)cc1. The van der Waals surface area contributed by atoms with Gasteiger partial charge in [0.25, 0.3) is 0 Å². The van der Waals surface area contributed by atoms with Crippen LogP contribution in [-0.2, 0) is 11.2 Å². The predicted molar refractivity (Wildman–Crippen MR) is 68.6 cm³/mol. The molecule has 0 amide bonds.